The third-order valence-corrected chi connectivity index (χ3v) is 4.58. The van der Waals surface area contributed by atoms with Gasteiger partial charge in [0.2, 0.25) is 0 Å². The molecule has 1 heterocycles. The maximum absolute atomic E-state index is 5.10. The van der Waals surface area contributed by atoms with Crippen molar-refractivity contribution in [3.8, 4) is 0 Å². The number of hydrogen-bond acceptors (Lipinski definition) is 3. The first kappa shape index (κ1) is 11.9. The van der Waals surface area contributed by atoms with E-state index in [0.717, 1.165) is 17.3 Å². The summed E-state index contributed by atoms with van der Waals surface area (Å²) < 4.78 is 2.24. The second-order valence-corrected chi connectivity index (χ2v) is 5.82. The van der Waals surface area contributed by atoms with Crippen molar-refractivity contribution in [3.63, 3.8) is 0 Å². The first-order valence-electron chi connectivity index (χ1n) is 5.08. The van der Waals surface area contributed by atoms with E-state index in [2.05, 4.69) is 35.0 Å². The monoisotopic (exact) mass is 267 g/mol. The molecular formula is C12H13NS3. The Labute approximate surface area is 109 Å². The summed E-state index contributed by atoms with van der Waals surface area (Å²) in [7, 11) is 0. The summed E-state index contributed by atoms with van der Waals surface area (Å²) in [6.07, 6.45) is 3.03. The molecule has 0 saturated heterocycles. The van der Waals surface area contributed by atoms with Crippen molar-refractivity contribution in [2.45, 2.75) is 6.42 Å². The van der Waals surface area contributed by atoms with E-state index in [1.165, 1.54) is 15.6 Å². The van der Waals surface area contributed by atoms with Crippen LogP contribution in [0.15, 0.2) is 29.6 Å². The molecule has 0 radical (unpaired) electrons. The van der Waals surface area contributed by atoms with Crippen LogP contribution < -0.4 is 5.32 Å². The predicted octanol–water partition coefficient (Wildman–Crippen LogP) is 3.68. The van der Waals surface area contributed by atoms with Crippen LogP contribution in [0.2, 0.25) is 0 Å². The molecule has 0 saturated carbocycles. The van der Waals surface area contributed by atoms with Crippen molar-refractivity contribution in [2.24, 2.45) is 0 Å². The Morgan fingerprint density at radius 1 is 1.44 bits per heavy atom. The summed E-state index contributed by atoms with van der Waals surface area (Å²) in [6, 6.07) is 8.54. The van der Waals surface area contributed by atoms with Gasteiger partial charge in [-0.2, -0.15) is 0 Å². The lowest BCUT2D eigenvalue weighted by molar-refractivity contribution is 0.890. The fraction of sp³-hybridized carbons (Fsp3) is 0.250. The third-order valence-electron chi connectivity index (χ3n) is 2.41. The minimum Gasteiger partial charge on any atom is -0.371 e. The molecule has 0 aliphatic heterocycles. The molecule has 1 N–H and O–H groups in total. The van der Waals surface area contributed by atoms with E-state index in [4.69, 9.17) is 12.2 Å². The summed E-state index contributed by atoms with van der Waals surface area (Å²) in [5.41, 5.74) is 1.41. The standard InChI is InChI=1S/C12H13NS3/c1-15-12(14)13-7-6-9-8-16-11-5-3-2-4-10(9)11/h2-5,8H,6-7H2,1H3,(H,13,14). The second-order valence-electron chi connectivity index (χ2n) is 3.43. The third kappa shape index (κ3) is 2.75. The van der Waals surface area contributed by atoms with E-state index >= 15 is 0 Å². The van der Waals surface area contributed by atoms with Crippen LogP contribution in [0.25, 0.3) is 10.1 Å². The van der Waals surface area contributed by atoms with Crippen LogP contribution in [0.5, 0.6) is 0 Å². The first-order chi connectivity index (χ1) is 7.81. The highest BCUT2D eigenvalue weighted by atomic mass is 32.2. The maximum Gasteiger partial charge on any atom is 0.133 e. The summed E-state index contributed by atoms with van der Waals surface area (Å²) in [5.74, 6) is 0. The van der Waals surface area contributed by atoms with Gasteiger partial charge in [-0.15, -0.1) is 23.1 Å². The van der Waals surface area contributed by atoms with Crippen molar-refractivity contribution >= 4 is 49.7 Å². The molecule has 0 amide bonds. The zero-order valence-electron chi connectivity index (χ0n) is 9.03. The second kappa shape index (κ2) is 5.66. The van der Waals surface area contributed by atoms with E-state index in [-0.39, 0.29) is 0 Å². The lowest BCUT2D eigenvalue weighted by atomic mass is 10.1. The Hall–Kier alpha value is -0.580. The largest absolute Gasteiger partial charge is 0.371 e. The number of benzene rings is 1. The number of rotatable bonds is 3. The molecule has 0 spiro atoms. The van der Waals surface area contributed by atoms with Gasteiger partial charge >= 0.3 is 0 Å². The maximum atomic E-state index is 5.10. The molecule has 4 heteroatoms. The van der Waals surface area contributed by atoms with E-state index in [0.29, 0.717) is 0 Å². The molecule has 1 aromatic heterocycles. The van der Waals surface area contributed by atoms with Crippen LogP contribution in [-0.2, 0) is 6.42 Å². The molecule has 2 rings (SSSR count). The highest BCUT2D eigenvalue weighted by Crippen LogP contribution is 2.25. The average molecular weight is 267 g/mol. The summed E-state index contributed by atoms with van der Waals surface area (Å²) in [5, 5.41) is 6.86. The molecule has 1 aromatic carbocycles. The fourth-order valence-electron chi connectivity index (χ4n) is 1.60. The van der Waals surface area contributed by atoms with Crippen molar-refractivity contribution in [2.75, 3.05) is 12.8 Å². The van der Waals surface area contributed by atoms with Gasteiger partial charge in [-0.3, -0.25) is 0 Å². The molecule has 0 unspecified atom stereocenters. The number of fused-ring (bicyclic) bond motifs is 1. The normalized spacial score (nSPS) is 10.6. The van der Waals surface area contributed by atoms with Gasteiger partial charge in [0.15, 0.2) is 0 Å². The summed E-state index contributed by atoms with van der Waals surface area (Å²) in [6.45, 7) is 0.917. The van der Waals surface area contributed by atoms with Crippen LogP contribution in [0.1, 0.15) is 5.56 Å². The van der Waals surface area contributed by atoms with Gasteiger partial charge in [-0.25, -0.2) is 0 Å². The zero-order chi connectivity index (χ0) is 11.4. The molecule has 1 nitrogen and oxygen atoms in total. The topological polar surface area (TPSA) is 12.0 Å². The van der Waals surface area contributed by atoms with Crippen LogP contribution in [0, 0.1) is 0 Å². The summed E-state index contributed by atoms with van der Waals surface area (Å²) >= 11 is 8.50. The van der Waals surface area contributed by atoms with Gasteiger partial charge in [0.1, 0.15) is 4.32 Å². The Balaban J connectivity index is 2.02. The molecule has 2 aromatic rings. The number of thiophene rings is 1. The Morgan fingerprint density at radius 2 is 2.25 bits per heavy atom. The quantitative estimate of drug-likeness (QED) is 0.852. The molecular weight excluding hydrogens is 254 g/mol. The number of nitrogens with one attached hydrogen (secondary N) is 1. The van der Waals surface area contributed by atoms with Crippen LogP contribution in [0.4, 0.5) is 0 Å². The van der Waals surface area contributed by atoms with E-state index in [9.17, 15) is 0 Å². The molecule has 16 heavy (non-hydrogen) atoms. The van der Waals surface area contributed by atoms with Gasteiger partial charge in [0.05, 0.1) is 0 Å². The molecule has 0 fully saturated rings. The van der Waals surface area contributed by atoms with Gasteiger partial charge in [-0.1, -0.05) is 30.4 Å². The Bertz CT molecular complexity index is 490. The average Bonchev–Trinajstić information content (AvgIpc) is 2.73. The van der Waals surface area contributed by atoms with E-state index in [1.807, 2.05) is 17.6 Å². The predicted molar refractivity (Wildman–Crippen MR) is 79.6 cm³/mol. The van der Waals surface area contributed by atoms with Crippen molar-refractivity contribution in [1.29, 1.82) is 0 Å². The fourth-order valence-corrected chi connectivity index (χ4v) is 2.94. The summed E-state index contributed by atoms with van der Waals surface area (Å²) in [4.78, 5) is 0. The smallest absolute Gasteiger partial charge is 0.133 e. The molecule has 84 valence electrons. The van der Waals surface area contributed by atoms with Crippen molar-refractivity contribution in [1.82, 2.24) is 5.32 Å². The minimum absolute atomic E-state index is 0.875. The van der Waals surface area contributed by atoms with Crippen molar-refractivity contribution < 1.29 is 0 Å². The number of thiocarbonyl (C=S) groups is 1. The zero-order valence-corrected chi connectivity index (χ0v) is 11.5. The Kier molecular flexibility index (Phi) is 4.21. The SMILES string of the molecule is CSC(=S)NCCc1csc2ccccc12. The van der Waals surface area contributed by atoms with Gasteiger partial charge < -0.3 is 5.32 Å². The van der Waals surface area contributed by atoms with Crippen LogP contribution in [0.3, 0.4) is 0 Å². The number of hydrogen-bond donors (Lipinski definition) is 1. The highest BCUT2D eigenvalue weighted by molar-refractivity contribution is 8.22. The van der Waals surface area contributed by atoms with Crippen LogP contribution in [-0.4, -0.2) is 17.1 Å². The molecule has 0 aliphatic carbocycles. The lowest BCUT2D eigenvalue weighted by Crippen LogP contribution is -2.20. The van der Waals surface area contributed by atoms with Gasteiger partial charge in [-0.05, 0) is 35.1 Å². The molecule has 0 aliphatic rings. The lowest BCUT2D eigenvalue weighted by Gasteiger charge is -2.04. The highest BCUT2D eigenvalue weighted by Gasteiger charge is 2.02. The number of thioether (sulfide) groups is 1. The molecule has 0 atom stereocenters. The van der Waals surface area contributed by atoms with Gasteiger partial charge in [0.25, 0.3) is 0 Å². The minimum atomic E-state index is 0.875. The van der Waals surface area contributed by atoms with Crippen LogP contribution >= 0.6 is 35.3 Å². The van der Waals surface area contributed by atoms with E-state index < -0.39 is 0 Å². The van der Waals surface area contributed by atoms with Crippen molar-refractivity contribution in [3.05, 3.63) is 35.2 Å². The Morgan fingerprint density at radius 3 is 3.06 bits per heavy atom. The first-order valence-corrected chi connectivity index (χ1v) is 7.59. The van der Waals surface area contributed by atoms with Gasteiger partial charge in [0, 0.05) is 11.2 Å². The molecule has 0 bridgehead atoms. The van der Waals surface area contributed by atoms with E-state index in [1.54, 1.807) is 11.8 Å².